The van der Waals surface area contributed by atoms with Crippen LogP contribution in [0.25, 0.3) is 0 Å². The molecule has 0 bridgehead atoms. The molecule has 7 nitrogen and oxygen atoms in total. The highest BCUT2D eigenvalue weighted by atomic mass is 19.1. The highest BCUT2D eigenvalue weighted by Crippen LogP contribution is 2.29. The average Bonchev–Trinajstić information content (AvgIpc) is 2.63. The van der Waals surface area contributed by atoms with Crippen molar-refractivity contribution >= 4 is 11.6 Å². The normalized spacial score (nSPS) is 10.6. The third-order valence-corrected chi connectivity index (χ3v) is 2.18. The van der Waals surface area contributed by atoms with E-state index < -0.39 is 28.8 Å². The van der Waals surface area contributed by atoms with Crippen molar-refractivity contribution in [3.63, 3.8) is 0 Å². The molecule has 1 aromatic carbocycles. The van der Waals surface area contributed by atoms with Crippen molar-refractivity contribution in [3.05, 3.63) is 34.3 Å². The highest BCUT2D eigenvalue weighted by Gasteiger charge is 2.13. The van der Waals surface area contributed by atoms with Crippen LogP contribution in [0.1, 0.15) is 0 Å². The van der Waals surface area contributed by atoms with Crippen LogP contribution in [0.2, 0.25) is 0 Å². The lowest BCUT2D eigenvalue weighted by atomic mass is 10.2. The number of benzene rings is 1. The number of nitrogens with two attached hydrogens (primary N) is 1. The quantitative estimate of drug-likeness (QED) is 0.587. The Hall–Kier alpha value is -2.58. The Labute approximate surface area is 98.9 Å². The minimum atomic E-state index is -0.979. The van der Waals surface area contributed by atoms with E-state index in [-0.39, 0.29) is 12.6 Å². The monoisotopic (exact) mass is 257 g/mol. The highest BCUT2D eigenvalue weighted by molar-refractivity contribution is 5.56. The summed E-state index contributed by atoms with van der Waals surface area (Å²) in [5.41, 5.74) is 4.16. The van der Waals surface area contributed by atoms with Crippen molar-refractivity contribution in [2.75, 3.05) is 11.1 Å². The van der Waals surface area contributed by atoms with E-state index in [0.29, 0.717) is 0 Å². The maximum Gasteiger partial charge on any atom is 0.346 e. The summed E-state index contributed by atoms with van der Waals surface area (Å²) in [7, 11) is 0. The van der Waals surface area contributed by atoms with Gasteiger partial charge in [-0.25, -0.2) is 13.6 Å². The van der Waals surface area contributed by atoms with Gasteiger partial charge in [-0.2, -0.15) is 4.68 Å². The maximum atomic E-state index is 13.3. The number of aromatic amines is 1. The molecule has 0 amide bonds. The Morgan fingerprint density at radius 2 is 2.11 bits per heavy atom. The molecule has 0 radical (unpaired) electrons. The summed E-state index contributed by atoms with van der Waals surface area (Å²) in [5, 5.41) is 15.2. The van der Waals surface area contributed by atoms with Gasteiger partial charge in [0.1, 0.15) is 18.2 Å². The van der Waals surface area contributed by atoms with E-state index >= 15 is 0 Å². The molecule has 18 heavy (non-hydrogen) atoms. The van der Waals surface area contributed by atoms with Crippen LogP contribution in [0.5, 0.6) is 5.75 Å². The minimum Gasteiger partial charge on any atom is -0.503 e. The molecule has 5 N–H and O–H groups in total. The summed E-state index contributed by atoms with van der Waals surface area (Å²) in [6.45, 7) is -0.277. The van der Waals surface area contributed by atoms with E-state index in [0.717, 1.165) is 16.8 Å². The van der Waals surface area contributed by atoms with E-state index in [1.807, 2.05) is 0 Å². The van der Waals surface area contributed by atoms with Crippen LogP contribution in [0.3, 0.4) is 0 Å². The van der Waals surface area contributed by atoms with Crippen molar-refractivity contribution < 1.29 is 13.9 Å². The number of rotatable bonds is 3. The fraction of sp³-hybridized carbons (Fsp3) is 0.111. The number of aromatic nitrogens is 3. The van der Waals surface area contributed by atoms with Gasteiger partial charge in [0.25, 0.3) is 0 Å². The number of hydrogen-bond acceptors (Lipinski definition) is 5. The predicted octanol–water partition coefficient (Wildman–Crippen LogP) is 0.207. The Balaban J connectivity index is 2.23. The molecule has 0 aliphatic rings. The van der Waals surface area contributed by atoms with Crippen LogP contribution in [-0.2, 0) is 6.67 Å². The lowest BCUT2D eigenvalue weighted by Crippen LogP contribution is -2.22. The van der Waals surface area contributed by atoms with Gasteiger partial charge in [-0.05, 0) is 12.1 Å². The molecule has 96 valence electrons. The van der Waals surface area contributed by atoms with Crippen LogP contribution in [0.15, 0.2) is 16.9 Å². The predicted molar refractivity (Wildman–Crippen MR) is 58.9 cm³/mol. The average molecular weight is 257 g/mol. The molecular weight excluding hydrogens is 248 g/mol. The molecule has 0 spiro atoms. The van der Waals surface area contributed by atoms with Gasteiger partial charge >= 0.3 is 5.69 Å². The van der Waals surface area contributed by atoms with E-state index in [9.17, 15) is 18.7 Å². The van der Waals surface area contributed by atoms with Gasteiger partial charge in [0.15, 0.2) is 11.6 Å². The Kier molecular flexibility index (Phi) is 2.88. The fourth-order valence-electron chi connectivity index (χ4n) is 1.34. The summed E-state index contributed by atoms with van der Waals surface area (Å²) in [5.74, 6) is -2.81. The number of phenolic OH excluding ortho intramolecular Hbond substituents is 1. The van der Waals surface area contributed by atoms with Crippen molar-refractivity contribution in [1.29, 1.82) is 0 Å². The number of H-pyrrole nitrogens is 1. The molecule has 0 aliphatic heterocycles. The Morgan fingerprint density at radius 3 is 2.72 bits per heavy atom. The number of aromatic hydroxyl groups is 1. The smallest absolute Gasteiger partial charge is 0.346 e. The van der Waals surface area contributed by atoms with E-state index in [4.69, 9.17) is 5.73 Å². The van der Waals surface area contributed by atoms with Gasteiger partial charge < -0.3 is 16.2 Å². The first-order valence-electron chi connectivity index (χ1n) is 4.82. The molecule has 0 fully saturated rings. The van der Waals surface area contributed by atoms with E-state index in [2.05, 4.69) is 15.4 Å². The largest absolute Gasteiger partial charge is 0.503 e. The molecule has 1 heterocycles. The third-order valence-electron chi connectivity index (χ3n) is 2.18. The third kappa shape index (κ3) is 2.10. The number of halogens is 2. The molecule has 0 atom stereocenters. The first-order chi connectivity index (χ1) is 8.49. The van der Waals surface area contributed by atoms with Gasteiger partial charge in [-0.15, -0.1) is 5.10 Å². The first kappa shape index (κ1) is 11.9. The van der Waals surface area contributed by atoms with Crippen molar-refractivity contribution in [1.82, 2.24) is 14.8 Å². The molecule has 2 rings (SSSR count). The molecule has 0 unspecified atom stereocenters. The van der Waals surface area contributed by atoms with Crippen LogP contribution >= 0.6 is 0 Å². The standard InChI is InChI=1S/C9H9F2N5O2/c10-4-1-2-5(11)7(17)6(4)13-3-16-9(18)14-8(12)15-16/h1-2,13,17H,3H2,(H3,12,14,15,18). The van der Waals surface area contributed by atoms with Crippen LogP contribution in [0.4, 0.5) is 20.4 Å². The van der Waals surface area contributed by atoms with Gasteiger partial charge in [0, 0.05) is 0 Å². The van der Waals surface area contributed by atoms with Crippen molar-refractivity contribution in [3.8, 4) is 5.75 Å². The number of anilines is 2. The molecular formula is C9H9F2N5O2. The van der Waals surface area contributed by atoms with Crippen LogP contribution in [-0.4, -0.2) is 19.9 Å². The molecule has 0 aliphatic carbocycles. The molecule has 0 saturated heterocycles. The minimum absolute atomic E-state index is 0.106. The number of phenols is 1. The number of nitrogens with zero attached hydrogens (tertiary/aromatic N) is 2. The summed E-state index contributed by atoms with van der Waals surface area (Å²) in [6.07, 6.45) is 0. The summed E-state index contributed by atoms with van der Waals surface area (Å²) >= 11 is 0. The van der Waals surface area contributed by atoms with Crippen LogP contribution in [0, 0.1) is 11.6 Å². The Bertz CT molecular complexity index is 636. The molecule has 0 saturated carbocycles. The second-order valence-electron chi connectivity index (χ2n) is 3.40. The zero-order chi connectivity index (χ0) is 13.3. The lowest BCUT2D eigenvalue weighted by Gasteiger charge is -2.09. The number of nitrogens with one attached hydrogen (secondary N) is 2. The number of hydrogen-bond donors (Lipinski definition) is 4. The zero-order valence-corrected chi connectivity index (χ0v) is 8.94. The van der Waals surface area contributed by atoms with Crippen molar-refractivity contribution in [2.24, 2.45) is 0 Å². The zero-order valence-electron chi connectivity index (χ0n) is 8.94. The molecule has 2 aromatic rings. The SMILES string of the molecule is Nc1nn(CNc2c(F)ccc(F)c2O)c(=O)[nH]1. The second-order valence-corrected chi connectivity index (χ2v) is 3.40. The lowest BCUT2D eigenvalue weighted by molar-refractivity contribution is 0.428. The van der Waals surface area contributed by atoms with Crippen LogP contribution < -0.4 is 16.7 Å². The van der Waals surface area contributed by atoms with Crippen molar-refractivity contribution in [2.45, 2.75) is 6.67 Å². The van der Waals surface area contributed by atoms with Gasteiger partial charge in [-0.1, -0.05) is 0 Å². The topological polar surface area (TPSA) is 109 Å². The number of nitrogen functional groups attached to an aromatic ring is 1. The van der Waals surface area contributed by atoms with Gasteiger partial charge in [-0.3, -0.25) is 4.98 Å². The van der Waals surface area contributed by atoms with Gasteiger partial charge in [0.2, 0.25) is 5.95 Å². The Morgan fingerprint density at radius 1 is 1.44 bits per heavy atom. The van der Waals surface area contributed by atoms with Gasteiger partial charge in [0.05, 0.1) is 0 Å². The summed E-state index contributed by atoms with van der Waals surface area (Å²) in [6, 6.07) is 1.63. The summed E-state index contributed by atoms with van der Waals surface area (Å²) < 4.78 is 27.2. The molecule has 9 heteroatoms. The second kappa shape index (κ2) is 4.35. The molecule has 1 aromatic heterocycles. The van der Waals surface area contributed by atoms with E-state index in [1.165, 1.54) is 0 Å². The first-order valence-corrected chi connectivity index (χ1v) is 4.82. The fourth-order valence-corrected chi connectivity index (χ4v) is 1.34. The maximum absolute atomic E-state index is 13.3. The summed E-state index contributed by atoms with van der Waals surface area (Å²) in [4.78, 5) is 13.4. The van der Waals surface area contributed by atoms with E-state index in [1.54, 1.807) is 0 Å².